The van der Waals surface area contributed by atoms with Crippen LogP contribution in [0, 0.1) is 5.82 Å². The van der Waals surface area contributed by atoms with Crippen LogP contribution in [0.2, 0.25) is 0 Å². The molecule has 0 radical (unpaired) electrons. The Morgan fingerprint density at radius 2 is 1.32 bits per heavy atom. The number of sulfonamides is 2. The molecular weight excluding hydrogens is 441 g/mol. The molecule has 0 amide bonds. The van der Waals surface area contributed by atoms with Gasteiger partial charge in [-0.25, -0.2) is 21.2 Å². The van der Waals surface area contributed by atoms with Gasteiger partial charge in [0.15, 0.2) is 0 Å². The van der Waals surface area contributed by atoms with E-state index in [0.29, 0.717) is 18.8 Å². The zero-order chi connectivity index (χ0) is 22.1. The van der Waals surface area contributed by atoms with Crippen LogP contribution in [-0.2, 0) is 20.0 Å². The standard InChI is InChI=1S/C21H26FN3O4S2/c22-20-16-17(6-11-21(20)24-12-4-5-13-24)23-30(26,27)18-7-9-19(10-8-18)31(28,29)25-14-2-1-3-15-25/h6-11,16,23H,1-5,12-15H2. The largest absolute Gasteiger partial charge is 0.369 e. The number of nitrogens with one attached hydrogen (secondary N) is 1. The molecule has 2 fully saturated rings. The Kier molecular flexibility index (Phi) is 6.23. The first-order valence-electron chi connectivity index (χ1n) is 10.4. The molecule has 0 atom stereocenters. The van der Waals surface area contributed by atoms with Gasteiger partial charge < -0.3 is 4.90 Å². The van der Waals surface area contributed by atoms with Crippen LogP contribution in [0.1, 0.15) is 32.1 Å². The first kappa shape index (κ1) is 22.0. The third kappa shape index (κ3) is 4.70. The van der Waals surface area contributed by atoms with Gasteiger partial charge in [0.2, 0.25) is 10.0 Å². The monoisotopic (exact) mass is 467 g/mol. The number of nitrogens with zero attached hydrogens (tertiary/aromatic N) is 2. The molecule has 4 rings (SSSR count). The van der Waals surface area contributed by atoms with Crippen LogP contribution < -0.4 is 9.62 Å². The molecule has 0 aliphatic carbocycles. The normalized spacial score (nSPS) is 18.3. The maximum Gasteiger partial charge on any atom is 0.261 e. The van der Waals surface area contributed by atoms with Gasteiger partial charge in [-0.05, 0) is 62.1 Å². The summed E-state index contributed by atoms with van der Waals surface area (Å²) in [5.74, 6) is -0.481. The van der Waals surface area contributed by atoms with Crippen molar-refractivity contribution < 1.29 is 21.2 Å². The van der Waals surface area contributed by atoms with E-state index in [1.807, 2.05) is 4.90 Å². The topological polar surface area (TPSA) is 86.8 Å². The minimum atomic E-state index is -3.99. The highest BCUT2D eigenvalue weighted by molar-refractivity contribution is 7.92. The fraction of sp³-hybridized carbons (Fsp3) is 0.429. The average Bonchev–Trinajstić information content (AvgIpc) is 3.29. The molecule has 2 saturated heterocycles. The second-order valence-corrected chi connectivity index (χ2v) is 11.5. The summed E-state index contributed by atoms with van der Waals surface area (Å²) in [6, 6.07) is 9.39. The van der Waals surface area contributed by atoms with Crippen molar-refractivity contribution in [1.29, 1.82) is 0 Å². The van der Waals surface area contributed by atoms with Crippen LogP contribution in [0.25, 0.3) is 0 Å². The van der Waals surface area contributed by atoms with Crippen molar-refractivity contribution in [2.24, 2.45) is 0 Å². The molecule has 10 heteroatoms. The minimum Gasteiger partial charge on any atom is -0.369 e. The Morgan fingerprint density at radius 3 is 1.94 bits per heavy atom. The van der Waals surface area contributed by atoms with E-state index in [2.05, 4.69) is 4.72 Å². The molecule has 2 aliphatic heterocycles. The first-order valence-corrected chi connectivity index (χ1v) is 13.4. The van der Waals surface area contributed by atoms with Crippen molar-refractivity contribution in [3.05, 3.63) is 48.3 Å². The second kappa shape index (κ2) is 8.76. The molecule has 168 valence electrons. The molecule has 2 aromatic carbocycles. The predicted molar refractivity (Wildman–Crippen MR) is 118 cm³/mol. The Bertz CT molecular complexity index is 1140. The van der Waals surface area contributed by atoms with Gasteiger partial charge in [-0.15, -0.1) is 0 Å². The SMILES string of the molecule is O=S(=O)(Nc1ccc(N2CCCC2)c(F)c1)c1ccc(S(=O)(=O)N2CCCCC2)cc1. The molecule has 0 aromatic heterocycles. The van der Waals surface area contributed by atoms with E-state index < -0.39 is 25.9 Å². The summed E-state index contributed by atoms with van der Waals surface area (Å²) in [5.41, 5.74) is 0.582. The summed E-state index contributed by atoms with van der Waals surface area (Å²) in [6.07, 6.45) is 4.68. The second-order valence-electron chi connectivity index (χ2n) is 7.90. The number of benzene rings is 2. The molecule has 0 spiro atoms. The van der Waals surface area contributed by atoms with Gasteiger partial charge in [0.25, 0.3) is 10.0 Å². The van der Waals surface area contributed by atoms with E-state index in [-0.39, 0.29) is 15.5 Å². The van der Waals surface area contributed by atoms with E-state index >= 15 is 0 Å². The van der Waals surface area contributed by atoms with E-state index in [0.717, 1.165) is 45.2 Å². The molecule has 0 unspecified atom stereocenters. The summed E-state index contributed by atoms with van der Waals surface area (Å²) in [5, 5.41) is 0. The van der Waals surface area contributed by atoms with Gasteiger partial charge in [0, 0.05) is 32.2 Å². The predicted octanol–water partition coefficient (Wildman–Crippen LogP) is 3.40. The highest BCUT2D eigenvalue weighted by Gasteiger charge is 2.26. The van der Waals surface area contributed by atoms with Gasteiger partial charge >= 0.3 is 0 Å². The van der Waals surface area contributed by atoms with E-state index in [1.54, 1.807) is 6.07 Å². The summed E-state index contributed by atoms with van der Waals surface area (Å²) in [6.45, 7) is 2.52. The molecule has 2 aromatic rings. The quantitative estimate of drug-likeness (QED) is 0.704. The third-order valence-corrected chi connectivity index (χ3v) is 9.04. The average molecular weight is 468 g/mol. The van der Waals surface area contributed by atoms with Crippen molar-refractivity contribution in [2.45, 2.75) is 41.9 Å². The lowest BCUT2D eigenvalue weighted by Crippen LogP contribution is -2.35. The van der Waals surface area contributed by atoms with Crippen LogP contribution in [0.5, 0.6) is 0 Å². The smallest absolute Gasteiger partial charge is 0.261 e. The van der Waals surface area contributed by atoms with Crippen molar-refractivity contribution in [2.75, 3.05) is 35.8 Å². The number of halogens is 1. The van der Waals surface area contributed by atoms with Crippen LogP contribution in [-0.4, -0.2) is 47.3 Å². The maximum atomic E-state index is 14.5. The number of hydrogen-bond acceptors (Lipinski definition) is 5. The van der Waals surface area contributed by atoms with Gasteiger partial charge in [0.05, 0.1) is 21.2 Å². The van der Waals surface area contributed by atoms with E-state index in [1.165, 1.54) is 40.7 Å². The summed E-state index contributed by atoms with van der Waals surface area (Å²) < 4.78 is 69.2. The number of anilines is 2. The molecule has 7 nitrogen and oxygen atoms in total. The number of piperidine rings is 1. The van der Waals surface area contributed by atoms with Crippen molar-refractivity contribution >= 4 is 31.4 Å². The molecule has 0 saturated carbocycles. The zero-order valence-electron chi connectivity index (χ0n) is 17.1. The summed E-state index contributed by atoms with van der Waals surface area (Å²) >= 11 is 0. The molecular formula is C21H26FN3O4S2. The molecule has 31 heavy (non-hydrogen) atoms. The molecule has 0 bridgehead atoms. The van der Waals surface area contributed by atoms with E-state index in [4.69, 9.17) is 0 Å². The lowest BCUT2D eigenvalue weighted by atomic mass is 10.2. The van der Waals surface area contributed by atoms with Crippen LogP contribution in [0.4, 0.5) is 15.8 Å². The van der Waals surface area contributed by atoms with Crippen LogP contribution >= 0.6 is 0 Å². The molecule has 2 heterocycles. The highest BCUT2D eigenvalue weighted by Crippen LogP contribution is 2.28. The third-order valence-electron chi connectivity index (χ3n) is 5.73. The lowest BCUT2D eigenvalue weighted by molar-refractivity contribution is 0.346. The molecule has 2 aliphatic rings. The first-order chi connectivity index (χ1) is 14.8. The Balaban J connectivity index is 1.50. The summed E-state index contributed by atoms with van der Waals surface area (Å²) in [7, 11) is -7.63. The van der Waals surface area contributed by atoms with Crippen molar-refractivity contribution in [3.63, 3.8) is 0 Å². The number of rotatable bonds is 6. The van der Waals surface area contributed by atoms with Crippen molar-refractivity contribution in [1.82, 2.24) is 4.31 Å². The zero-order valence-corrected chi connectivity index (χ0v) is 18.8. The van der Waals surface area contributed by atoms with Gasteiger partial charge in [-0.3, -0.25) is 4.72 Å². The highest BCUT2D eigenvalue weighted by atomic mass is 32.2. The Hall–Kier alpha value is -2.17. The van der Waals surface area contributed by atoms with Gasteiger partial charge in [-0.2, -0.15) is 4.31 Å². The van der Waals surface area contributed by atoms with E-state index in [9.17, 15) is 21.2 Å². The number of hydrogen-bond donors (Lipinski definition) is 1. The summed E-state index contributed by atoms with van der Waals surface area (Å²) in [4.78, 5) is 1.92. The fourth-order valence-corrected chi connectivity index (χ4v) is 6.61. The maximum absolute atomic E-state index is 14.5. The Morgan fingerprint density at radius 1 is 0.742 bits per heavy atom. The minimum absolute atomic E-state index is 0.0642. The Labute approximate surface area is 183 Å². The van der Waals surface area contributed by atoms with Crippen LogP contribution in [0.3, 0.4) is 0 Å². The van der Waals surface area contributed by atoms with Crippen molar-refractivity contribution in [3.8, 4) is 0 Å². The fourth-order valence-electron chi connectivity index (χ4n) is 4.04. The van der Waals surface area contributed by atoms with Crippen LogP contribution in [0.15, 0.2) is 52.3 Å². The molecule has 1 N–H and O–H groups in total. The lowest BCUT2D eigenvalue weighted by Gasteiger charge is -2.25. The van der Waals surface area contributed by atoms with Gasteiger partial charge in [-0.1, -0.05) is 6.42 Å². The van der Waals surface area contributed by atoms with Gasteiger partial charge in [0.1, 0.15) is 5.82 Å².